The van der Waals surface area contributed by atoms with E-state index in [9.17, 15) is 14.0 Å². The van der Waals surface area contributed by atoms with Crippen molar-refractivity contribution in [3.8, 4) is 0 Å². The van der Waals surface area contributed by atoms with Gasteiger partial charge in [0.25, 0.3) is 5.91 Å². The summed E-state index contributed by atoms with van der Waals surface area (Å²) in [5, 5.41) is 2.73. The molecule has 0 bridgehead atoms. The Bertz CT molecular complexity index is 631. The van der Waals surface area contributed by atoms with Crippen molar-refractivity contribution < 1.29 is 9.18 Å². The Labute approximate surface area is 109 Å². The molecule has 0 unspecified atom stereocenters. The molecule has 4 nitrogen and oxygen atoms in total. The lowest BCUT2D eigenvalue weighted by Crippen LogP contribution is -2.27. The Balaban J connectivity index is 2.10. The van der Waals surface area contributed by atoms with Crippen LogP contribution in [0.2, 0.25) is 0 Å². The highest BCUT2D eigenvalue weighted by atomic mass is 19.1. The molecule has 0 spiro atoms. The van der Waals surface area contributed by atoms with E-state index in [1.165, 1.54) is 30.5 Å². The number of hydrogen-bond donors (Lipinski definition) is 2. The molecule has 0 saturated heterocycles. The van der Waals surface area contributed by atoms with E-state index in [-0.39, 0.29) is 23.3 Å². The average Bonchev–Trinajstić information content (AvgIpc) is 2.39. The largest absolute Gasteiger partial charge is 0.345 e. The number of aromatic nitrogens is 1. The van der Waals surface area contributed by atoms with Gasteiger partial charge in [-0.05, 0) is 30.7 Å². The maximum atomic E-state index is 13.1. The lowest BCUT2D eigenvalue weighted by molar-refractivity contribution is 0.0939. The molecule has 1 aromatic heterocycles. The van der Waals surface area contributed by atoms with Crippen LogP contribution in [0.4, 0.5) is 4.39 Å². The monoisotopic (exact) mass is 260 g/mol. The fourth-order valence-corrected chi connectivity index (χ4v) is 1.69. The van der Waals surface area contributed by atoms with Crippen molar-refractivity contribution in [1.82, 2.24) is 10.3 Å². The maximum Gasteiger partial charge on any atom is 0.253 e. The number of carbonyl (C=O) groups is 1. The quantitative estimate of drug-likeness (QED) is 0.886. The predicted molar refractivity (Wildman–Crippen MR) is 69.3 cm³/mol. The molecule has 1 aromatic carbocycles. The Morgan fingerprint density at radius 3 is 2.74 bits per heavy atom. The van der Waals surface area contributed by atoms with Crippen LogP contribution in [0.3, 0.4) is 0 Å². The number of rotatable bonds is 3. The molecule has 5 heteroatoms. The van der Waals surface area contributed by atoms with Crippen molar-refractivity contribution >= 4 is 5.91 Å². The minimum Gasteiger partial charge on any atom is -0.345 e. The molecule has 2 rings (SSSR count). The zero-order valence-corrected chi connectivity index (χ0v) is 10.3. The molecule has 0 saturated carbocycles. The molecule has 0 aliphatic heterocycles. The summed E-state index contributed by atoms with van der Waals surface area (Å²) in [4.78, 5) is 25.2. The van der Waals surface area contributed by atoms with Gasteiger partial charge in [0.2, 0.25) is 5.56 Å². The molecule has 19 heavy (non-hydrogen) atoms. The second-order valence-electron chi connectivity index (χ2n) is 4.19. The Kier molecular flexibility index (Phi) is 3.75. The van der Waals surface area contributed by atoms with Gasteiger partial charge in [0.1, 0.15) is 5.82 Å². The summed E-state index contributed by atoms with van der Waals surface area (Å²) < 4.78 is 13.1. The van der Waals surface area contributed by atoms with Gasteiger partial charge in [-0.3, -0.25) is 9.59 Å². The van der Waals surface area contributed by atoms with E-state index < -0.39 is 0 Å². The first-order valence-corrected chi connectivity index (χ1v) is 5.81. The number of pyridine rings is 1. The summed E-state index contributed by atoms with van der Waals surface area (Å²) in [7, 11) is 0. The molecule has 2 N–H and O–H groups in total. The van der Waals surface area contributed by atoms with Crippen LogP contribution in [-0.4, -0.2) is 10.9 Å². The minimum absolute atomic E-state index is 0.269. The number of benzene rings is 1. The van der Waals surface area contributed by atoms with Crippen molar-refractivity contribution in [3.63, 3.8) is 0 Å². The van der Waals surface area contributed by atoms with Gasteiger partial charge in [-0.25, -0.2) is 4.39 Å². The van der Waals surface area contributed by atoms with Gasteiger partial charge in [0.15, 0.2) is 0 Å². The summed E-state index contributed by atoms with van der Waals surface area (Å²) >= 11 is 0. The summed E-state index contributed by atoms with van der Waals surface area (Å²) in [6.07, 6.45) is 1.34. The fourth-order valence-electron chi connectivity index (χ4n) is 1.69. The van der Waals surface area contributed by atoms with E-state index in [1.807, 2.05) is 0 Å². The van der Waals surface area contributed by atoms with Crippen LogP contribution in [0.1, 0.15) is 28.9 Å². The van der Waals surface area contributed by atoms with Gasteiger partial charge in [0, 0.05) is 12.3 Å². The molecule has 0 radical (unpaired) electrons. The average molecular weight is 260 g/mol. The number of hydrogen-bond acceptors (Lipinski definition) is 2. The van der Waals surface area contributed by atoms with E-state index in [4.69, 9.17) is 0 Å². The topological polar surface area (TPSA) is 62.0 Å². The third kappa shape index (κ3) is 3.28. The van der Waals surface area contributed by atoms with Crippen LogP contribution in [0.5, 0.6) is 0 Å². The Hall–Kier alpha value is -2.43. The lowest BCUT2D eigenvalue weighted by atomic mass is 10.1. The van der Waals surface area contributed by atoms with Crippen molar-refractivity contribution in [2.24, 2.45) is 0 Å². The van der Waals surface area contributed by atoms with E-state index in [0.717, 1.165) is 0 Å². The standard InChI is InChI=1S/C14H13FN2O2/c1-9(10-3-2-4-12(15)7-10)17-14(19)11-5-6-13(18)16-8-11/h2-9H,1H3,(H,16,18)(H,17,19)/t9-/m1/s1. The zero-order valence-electron chi connectivity index (χ0n) is 10.3. The van der Waals surface area contributed by atoms with Gasteiger partial charge < -0.3 is 10.3 Å². The van der Waals surface area contributed by atoms with Crippen molar-refractivity contribution in [3.05, 3.63) is 69.9 Å². The molecular weight excluding hydrogens is 247 g/mol. The van der Waals surface area contributed by atoms with Crippen LogP contribution >= 0.6 is 0 Å². The molecular formula is C14H13FN2O2. The smallest absolute Gasteiger partial charge is 0.253 e. The summed E-state index contributed by atoms with van der Waals surface area (Å²) in [5.74, 6) is -0.671. The normalized spacial score (nSPS) is 11.9. The Morgan fingerprint density at radius 2 is 2.11 bits per heavy atom. The van der Waals surface area contributed by atoms with Gasteiger partial charge >= 0.3 is 0 Å². The van der Waals surface area contributed by atoms with Gasteiger partial charge in [0.05, 0.1) is 11.6 Å². The second-order valence-corrected chi connectivity index (χ2v) is 4.19. The van der Waals surface area contributed by atoms with Crippen molar-refractivity contribution in [2.75, 3.05) is 0 Å². The van der Waals surface area contributed by atoms with E-state index in [2.05, 4.69) is 10.3 Å². The molecule has 0 aliphatic rings. The molecule has 0 fully saturated rings. The van der Waals surface area contributed by atoms with Crippen LogP contribution < -0.4 is 10.9 Å². The highest BCUT2D eigenvalue weighted by Crippen LogP contribution is 2.13. The van der Waals surface area contributed by atoms with Crippen LogP contribution in [-0.2, 0) is 0 Å². The third-order valence-corrected chi connectivity index (χ3v) is 2.74. The highest BCUT2D eigenvalue weighted by Gasteiger charge is 2.11. The van der Waals surface area contributed by atoms with E-state index in [1.54, 1.807) is 19.1 Å². The maximum absolute atomic E-state index is 13.1. The van der Waals surface area contributed by atoms with E-state index >= 15 is 0 Å². The number of aromatic amines is 1. The number of H-pyrrole nitrogens is 1. The molecule has 1 atom stereocenters. The van der Waals surface area contributed by atoms with E-state index in [0.29, 0.717) is 11.1 Å². The Morgan fingerprint density at radius 1 is 1.32 bits per heavy atom. The minimum atomic E-state index is -0.345. The van der Waals surface area contributed by atoms with Gasteiger partial charge in [-0.1, -0.05) is 12.1 Å². The molecule has 98 valence electrons. The highest BCUT2D eigenvalue weighted by molar-refractivity contribution is 5.94. The second kappa shape index (κ2) is 5.48. The van der Waals surface area contributed by atoms with Gasteiger partial charge in [-0.2, -0.15) is 0 Å². The van der Waals surface area contributed by atoms with Crippen molar-refractivity contribution in [1.29, 1.82) is 0 Å². The van der Waals surface area contributed by atoms with Crippen LogP contribution in [0.25, 0.3) is 0 Å². The predicted octanol–water partition coefficient (Wildman–Crippen LogP) is 2.00. The first-order valence-electron chi connectivity index (χ1n) is 5.81. The first kappa shape index (κ1) is 13.0. The lowest BCUT2D eigenvalue weighted by Gasteiger charge is -2.14. The fraction of sp³-hybridized carbons (Fsp3) is 0.143. The molecule has 2 aromatic rings. The first-order chi connectivity index (χ1) is 9.06. The molecule has 1 amide bonds. The zero-order chi connectivity index (χ0) is 13.8. The summed E-state index contributed by atoms with van der Waals surface area (Å²) in [6.45, 7) is 1.76. The van der Waals surface area contributed by atoms with Crippen molar-refractivity contribution in [2.45, 2.75) is 13.0 Å². The SMILES string of the molecule is C[C@@H](NC(=O)c1ccc(=O)[nH]c1)c1cccc(F)c1. The third-order valence-electron chi connectivity index (χ3n) is 2.74. The summed E-state index contributed by atoms with van der Waals surface area (Å²) in [6, 6.07) is 8.44. The number of carbonyl (C=O) groups excluding carboxylic acids is 1. The number of halogens is 1. The van der Waals surface area contributed by atoms with Crippen LogP contribution in [0.15, 0.2) is 47.4 Å². The molecule has 0 aliphatic carbocycles. The summed E-state index contributed by atoms with van der Waals surface area (Å²) in [5.41, 5.74) is 0.760. The number of nitrogens with one attached hydrogen (secondary N) is 2. The molecule has 1 heterocycles. The van der Waals surface area contributed by atoms with Crippen LogP contribution in [0, 0.1) is 5.82 Å². The number of amides is 1. The van der Waals surface area contributed by atoms with Gasteiger partial charge in [-0.15, -0.1) is 0 Å².